The van der Waals surface area contributed by atoms with Crippen LogP contribution in [0.25, 0.3) is 21.3 Å². The monoisotopic (exact) mass is 1490 g/mol. The van der Waals surface area contributed by atoms with Crippen molar-refractivity contribution in [2.75, 3.05) is 68.1 Å². The number of aromatic nitrogens is 4. The van der Waals surface area contributed by atoms with Crippen LogP contribution >= 0.6 is 18.9 Å². The number of Topliss-reactive ketones (excluding diaryl/α,β-unsaturated/α-hetero) is 1. The smallest absolute Gasteiger partial charge is 0.409 e. The van der Waals surface area contributed by atoms with Crippen LogP contribution < -0.4 is 36.6 Å². The van der Waals surface area contributed by atoms with Crippen LogP contribution in [-0.4, -0.2) is 162 Å². The molecule has 3 aromatic heterocycles. The molecule has 566 valence electrons. The minimum atomic E-state index is -4.24. The van der Waals surface area contributed by atoms with E-state index in [2.05, 4.69) is 40.1 Å². The Morgan fingerprint density at radius 1 is 0.821 bits per heavy atom. The van der Waals surface area contributed by atoms with Crippen molar-refractivity contribution in [1.29, 1.82) is 0 Å². The number of pyridine rings is 1. The summed E-state index contributed by atoms with van der Waals surface area (Å²) in [5, 5.41) is 27.4. The number of ether oxygens (including phenoxy) is 3. The Labute approximate surface area is 619 Å². The molecule has 4 atom stereocenters. The molecule has 4 saturated carbocycles. The van der Waals surface area contributed by atoms with Gasteiger partial charge in [0.1, 0.15) is 18.2 Å². The maximum atomic E-state index is 14.2. The minimum absolute atomic E-state index is 0.0282. The van der Waals surface area contributed by atoms with Gasteiger partial charge in [0.2, 0.25) is 11.8 Å². The summed E-state index contributed by atoms with van der Waals surface area (Å²) in [4.78, 5) is 150. The van der Waals surface area contributed by atoms with E-state index in [1.54, 1.807) is 75.6 Å². The van der Waals surface area contributed by atoms with E-state index in [9.17, 15) is 62.6 Å². The van der Waals surface area contributed by atoms with Crippen molar-refractivity contribution in [1.82, 2.24) is 40.2 Å². The van der Waals surface area contributed by atoms with Gasteiger partial charge < -0.3 is 60.6 Å². The van der Waals surface area contributed by atoms with Crippen molar-refractivity contribution in [3.63, 3.8) is 0 Å². The van der Waals surface area contributed by atoms with Gasteiger partial charge in [-0.05, 0) is 166 Å². The molecule has 9 N–H and O–H groups in total. The molecule has 106 heavy (non-hydrogen) atoms. The van der Waals surface area contributed by atoms with Crippen molar-refractivity contribution < 1.29 is 76.8 Å². The number of likely N-dealkylation sites (N-methyl/N-ethyl adjacent to an activating group) is 1. The topological polar surface area (TPSA) is 387 Å². The highest BCUT2D eigenvalue weighted by Gasteiger charge is 2.66. The van der Waals surface area contributed by atoms with Gasteiger partial charge in [-0.15, -0.1) is 0 Å². The fourth-order valence-electron chi connectivity index (χ4n) is 17.3. The molecule has 0 radical (unpaired) electrons. The van der Waals surface area contributed by atoms with Crippen LogP contribution in [0, 0.1) is 35.0 Å². The van der Waals surface area contributed by atoms with Gasteiger partial charge in [0.05, 0.1) is 47.4 Å². The fourth-order valence-corrected chi connectivity index (χ4v) is 18.7. The average molecular weight is 1500 g/mol. The average Bonchev–Trinajstić information content (AvgIpc) is 0.764. The number of nitrogens with two attached hydrogens (primary N) is 1. The molecular formula is C76H95N12O16PS. The number of hydrogen-bond acceptors (Lipinski definition) is 18. The standard InChI is InChI=1S/C76H95N12O16PS/c1-47(2)65(83-62(90)17-8-7-11-30-87-63(91)26-27-64(87)92)58(89)36-50(14-12-29-78-70(77)97)67(93)80-51-20-18-49(19-21-51)39-103-72(98)85(6)32-34-104-76-43-73(4)40-74(5,44-76)42-75(41-73,45-76)46-88-48(3)55(37-79-88)53-23-25-61(82-66(53)69(95)96)86-31-28-52-56(38-86)54(22-24-59(52)102-33-13-35-105(99,100)101)68(94)84-71-81-57-15-9-10-16-60(57)106-71/h9-10,15-16,18-27,37,47,50,65H,7-8,11-14,17,28-36,38-46H2,1-6H3,(H,80,93)(H,83,90)(H,95,96)(H3,77,78,97)(H,81,84,94)(H2,99,100,101)/t50-,65+,73?,74?,75?,76?/m1/s1. The number of imide groups is 1. The molecule has 6 aromatic rings. The molecule has 8 amide bonds. The normalized spacial score (nSPS) is 20.7. The lowest BCUT2D eigenvalue weighted by Crippen LogP contribution is -2.64. The molecule has 30 heteroatoms. The van der Waals surface area contributed by atoms with Crippen molar-refractivity contribution in [2.45, 2.75) is 162 Å². The lowest BCUT2D eigenvalue weighted by Gasteiger charge is -2.69. The van der Waals surface area contributed by atoms with Gasteiger partial charge in [-0.2, -0.15) is 5.10 Å². The van der Waals surface area contributed by atoms with Gasteiger partial charge in [-0.25, -0.2) is 24.4 Å². The minimum Gasteiger partial charge on any atom is -0.493 e. The summed E-state index contributed by atoms with van der Waals surface area (Å²) in [7, 11) is -2.58. The Balaban J connectivity index is 0.683. The number of nitrogens with zero attached hydrogens (tertiary/aromatic N) is 7. The van der Waals surface area contributed by atoms with E-state index in [1.807, 2.05) is 40.8 Å². The second-order valence-electron chi connectivity index (χ2n) is 30.4. The Morgan fingerprint density at radius 3 is 2.25 bits per heavy atom. The van der Waals surface area contributed by atoms with Crippen molar-refractivity contribution in [3.05, 3.63) is 125 Å². The highest BCUT2D eigenvalue weighted by molar-refractivity contribution is 7.51. The number of hydrogen-bond donors (Lipinski definition) is 8. The molecule has 0 saturated heterocycles. The SMILES string of the molecule is Cc1c(-c2ccc(N3CCc4c(OCCCP(=O)(O)O)ccc(C(=O)Nc5nc6ccccc6s5)c4C3)nc2C(=O)O)cnn1CC12CC3(C)CC(C)(C1)CC(OCCN(C)C(=O)OCc1ccc(NC(=O)[C@H](CCCNC(N)=O)CC(=O)[C@@H](NC(=O)CCCCCN4C(=O)C=CC4=O)C(C)C)cc1)(C3)C2. The molecule has 0 spiro atoms. The first kappa shape index (κ1) is 77.7. The number of amides is 8. The number of carboxylic acid groups (broad SMARTS) is 1. The summed E-state index contributed by atoms with van der Waals surface area (Å²) in [5.74, 6) is -3.67. The molecule has 28 nitrogen and oxygen atoms in total. The van der Waals surface area contributed by atoms with Gasteiger partial charge in [0, 0.05) is 111 Å². The highest BCUT2D eigenvalue weighted by Crippen LogP contribution is 2.72. The van der Waals surface area contributed by atoms with E-state index < -0.39 is 55.1 Å². The number of anilines is 3. The van der Waals surface area contributed by atoms with Crippen LogP contribution in [0.15, 0.2) is 91.1 Å². The maximum absolute atomic E-state index is 14.2. The van der Waals surface area contributed by atoms with E-state index in [4.69, 9.17) is 30.0 Å². The first-order valence-electron chi connectivity index (χ1n) is 36.2. The number of carboxylic acids is 1. The third-order valence-electron chi connectivity index (χ3n) is 21.0. The predicted octanol–water partition coefficient (Wildman–Crippen LogP) is 10.3. The second-order valence-corrected chi connectivity index (χ2v) is 33.2. The Morgan fingerprint density at radius 2 is 1.56 bits per heavy atom. The molecule has 2 aliphatic heterocycles. The Kier molecular flexibility index (Phi) is 24.0. The number of primary amides is 1. The number of benzene rings is 3. The number of rotatable bonds is 35. The van der Waals surface area contributed by atoms with E-state index in [1.165, 1.54) is 28.4 Å². The lowest BCUT2D eigenvalue weighted by molar-refractivity contribution is -0.248. The van der Waals surface area contributed by atoms with Gasteiger partial charge in [0.25, 0.3) is 17.7 Å². The van der Waals surface area contributed by atoms with Gasteiger partial charge in [-0.1, -0.05) is 69.7 Å². The van der Waals surface area contributed by atoms with Gasteiger partial charge in [-0.3, -0.25) is 48.2 Å². The fraction of sp³-hybridized carbons (Fsp3) is 0.500. The molecule has 4 aliphatic carbocycles. The number of carbonyl (C=O) groups excluding carboxylic acids is 8. The van der Waals surface area contributed by atoms with E-state index in [0.29, 0.717) is 95.4 Å². The summed E-state index contributed by atoms with van der Waals surface area (Å²) < 4.78 is 33.4. The first-order chi connectivity index (χ1) is 50.4. The summed E-state index contributed by atoms with van der Waals surface area (Å²) in [5.41, 5.74) is 9.82. The molecule has 2 unspecified atom stereocenters. The number of unbranched alkanes of at least 4 members (excludes halogenated alkanes) is 2. The molecule has 3 aromatic carbocycles. The molecule has 12 rings (SSSR count). The summed E-state index contributed by atoms with van der Waals surface area (Å²) in [6.07, 6.45) is 11.4. The van der Waals surface area contributed by atoms with Crippen molar-refractivity contribution in [2.24, 2.45) is 33.8 Å². The number of ketones is 1. The largest absolute Gasteiger partial charge is 0.493 e. The van der Waals surface area contributed by atoms with Crippen LogP contribution in [0.4, 0.5) is 26.2 Å². The number of urea groups is 1. The number of nitrogens with one attached hydrogen (secondary N) is 4. The zero-order valence-corrected chi connectivity index (χ0v) is 62.5. The van der Waals surface area contributed by atoms with Crippen LogP contribution in [0.1, 0.15) is 161 Å². The van der Waals surface area contributed by atoms with Crippen LogP contribution in [0.2, 0.25) is 0 Å². The summed E-state index contributed by atoms with van der Waals surface area (Å²) in [6.45, 7) is 12.4. The number of carbonyl (C=O) groups is 9. The van der Waals surface area contributed by atoms with Crippen LogP contribution in [0.3, 0.4) is 0 Å². The zero-order valence-electron chi connectivity index (χ0n) is 60.8. The number of fused-ring (bicyclic) bond motifs is 2. The van der Waals surface area contributed by atoms with E-state index >= 15 is 0 Å². The molecule has 4 bridgehead atoms. The van der Waals surface area contributed by atoms with Crippen molar-refractivity contribution >= 4 is 99.2 Å². The van der Waals surface area contributed by atoms with Crippen LogP contribution in [0.5, 0.6) is 5.75 Å². The predicted molar refractivity (Wildman–Crippen MR) is 397 cm³/mol. The van der Waals surface area contributed by atoms with Gasteiger partial charge in [0.15, 0.2) is 16.6 Å². The quantitative estimate of drug-likeness (QED) is 0.0104. The molecule has 4 fully saturated rings. The third-order valence-corrected chi connectivity index (χ3v) is 22.9. The Bertz CT molecular complexity index is 4350. The summed E-state index contributed by atoms with van der Waals surface area (Å²) >= 11 is 1.35. The van der Waals surface area contributed by atoms with Gasteiger partial charge >= 0.3 is 25.7 Å². The van der Waals surface area contributed by atoms with E-state index in [0.717, 1.165) is 64.9 Å². The molecule has 6 aliphatic rings. The first-order valence-corrected chi connectivity index (χ1v) is 38.8. The second kappa shape index (κ2) is 32.8. The van der Waals surface area contributed by atoms with Crippen molar-refractivity contribution in [3.8, 4) is 16.9 Å². The molecule has 5 heterocycles. The number of para-hydroxylation sites is 1. The third kappa shape index (κ3) is 19.0. The number of thiazole rings is 1. The highest BCUT2D eigenvalue weighted by atomic mass is 32.1. The molecular weight excluding hydrogens is 1400 g/mol. The maximum Gasteiger partial charge on any atom is 0.409 e. The summed E-state index contributed by atoms with van der Waals surface area (Å²) in [6, 6.07) is 19.7. The Hall–Kier alpha value is -9.41. The lowest BCUT2D eigenvalue weighted by atomic mass is 9.39. The number of aromatic carboxylic acids is 1. The van der Waals surface area contributed by atoms with E-state index in [-0.39, 0.29) is 129 Å². The van der Waals surface area contributed by atoms with Crippen LogP contribution in [-0.2, 0) is 64.1 Å². The zero-order chi connectivity index (χ0) is 75.9.